The van der Waals surface area contributed by atoms with Crippen LogP contribution in [0.1, 0.15) is 18.1 Å². The highest BCUT2D eigenvalue weighted by Crippen LogP contribution is 2.31. The van der Waals surface area contributed by atoms with E-state index in [1.807, 2.05) is 25.1 Å². The first-order valence-corrected chi connectivity index (χ1v) is 6.83. The summed E-state index contributed by atoms with van der Waals surface area (Å²) in [6.07, 6.45) is 0. The Labute approximate surface area is 123 Å². The van der Waals surface area contributed by atoms with Gasteiger partial charge in [-0.15, -0.1) is 0 Å². The highest BCUT2D eigenvalue weighted by molar-refractivity contribution is 5.48. The van der Waals surface area contributed by atoms with Crippen LogP contribution in [-0.2, 0) is 6.54 Å². The van der Waals surface area contributed by atoms with Crippen LogP contribution in [0.2, 0.25) is 0 Å². The highest BCUT2D eigenvalue weighted by atomic mass is 16.6. The molecule has 0 aliphatic rings. The fraction of sp³-hybridized carbons (Fsp3) is 0.250. The third-order valence-electron chi connectivity index (χ3n) is 3.17. The largest absolute Gasteiger partial charge is 0.450 e. The number of nitro groups is 1. The Kier molecular flexibility index (Phi) is 4.90. The topological polar surface area (TPSA) is 64.4 Å². The molecule has 0 aliphatic heterocycles. The smallest absolute Gasteiger partial charge is 0.311 e. The predicted octanol–water partition coefficient (Wildman–Crippen LogP) is 3.81. The SMILES string of the molecule is CCNCc1ccc(Oc2ccccc2[N+](=O)[O-])cc1C. The van der Waals surface area contributed by atoms with Crippen LogP contribution < -0.4 is 10.1 Å². The van der Waals surface area contributed by atoms with Gasteiger partial charge in [0, 0.05) is 12.6 Å². The first-order chi connectivity index (χ1) is 10.1. The standard InChI is InChI=1S/C16H18N2O3/c1-3-17-11-13-8-9-14(10-12(13)2)21-16-7-5-4-6-15(16)18(19)20/h4-10,17H,3,11H2,1-2H3. The molecule has 1 N–H and O–H groups in total. The van der Waals surface area contributed by atoms with Crippen LogP contribution in [0.25, 0.3) is 0 Å². The third kappa shape index (κ3) is 3.79. The number of nitrogens with one attached hydrogen (secondary N) is 1. The van der Waals surface area contributed by atoms with Crippen LogP contribution in [0, 0.1) is 17.0 Å². The van der Waals surface area contributed by atoms with Gasteiger partial charge in [0.2, 0.25) is 5.75 Å². The number of para-hydroxylation sites is 2. The Balaban J connectivity index is 2.21. The van der Waals surface area contributed by atoms with Crippen molar-refractivity contribution in [2.24, 2.45) is 0 Å². The van der Waals surface area contributed by atoms with E-state index in [-0.39, 0.29) is 11.4 Å². The minimum absolute atomic E-state index is 0.0353. The van der Waals surface area contributed by atoms with Gasteiger partial charge in [-0.25, -0.2) is 0 Å². The maximum atomic E-state index is 11.0. The molecule has 5 heteroatoms. The number of aryl methyl sites for hydroxylation is 1. The van der Waals surface area contributed by atoms with E-state index in [4.69, 9.17) is 4.74 Å². The number of rotatable bonds is 6. The molecule has 0 amide bonds. The molecule has 2 aromatic carbocycles. The molecular formula is C16H18N2O3. The van der Waals surface area contributed by atoms with Gasteiger partial charge < -0.3 is 10.1 Å². The Morgan fingerprint density at radius 2 is 2.00 bits per heavy atom. The van der Waals surface area contributed by atoms with Crippen LogP contribution in [0.4, 0.5) is 5.69 Å². The van der Waals surface area contributed by atoms with E-state index in [2.05, 4.69) is 12.2 Å². The molecule has 21 heavy (non-hydrogen) atoms. The van der Waals surface area contributed by atoms with Gasteiger partial charge in [0.1, 0.15) is 5.75 Å². The quantitative estimate of drug-likeness (QED) is 0.648. The molecule has 110 valence electrons. The zero-order chi connectivity index (χ0) is 15.2. The van der Waals surface area contributed by atoms with Gasteiger partial charge in [-0.2, -0.15) is 0 Å². The third-order valence-corrected chi connectivity index (χ3v) is 3.17. The summed E-state index contributed by atoms with van der Waals surface area (Å²) in [6.45, 7) is 5.77. The van der Waals surface area contributed by atoms with Crippen molar-refractivity contribution < 1.29 is 9.66 Å². The van der Waals surface area contributed by atoms with Crippen LogP contribution in [0.5, 0.6) is 11.5 Å². The van der Waals surface area contributed by atoms with Crippen molar-refractivity contribution in [2.75, 3.05) is 6.54 Å². The molecule has 0 radical (unpaired) electrons. The highest BCUT2D eigenvalue weighted by Gasteiger charge is 2.14. The minimum Gasteiger partial charge on any atom is -0.450 e. The van der Waals surface area contributed by atoms with Crippen LogP contribution in [0.15, 0.2) is 42.5 Å². The second-order valence-corrected chi connectivity index (χ2v) is 4.70. The first-order valence-electron chi connectivity index (χ1n) is 6.83. The molecule has 0 spiro atoms. The van der Waals surface area contributed by atoms with Crippen molar-refractivity contribution in [1.29, 1.82) is 0 Å². The summed E-state index contributed by atoms with van der Waals surface area (Å²) in [7, 11) is 0. The predicted molar refractivity (Wildman–Crippen MR) is 81.7 cm³/mol. The lowest BCUT2D eigenvalue weighted by molar-refractivity contribution is -0.385. The van der Waals surface area contributed by atoms with Gasteiger partial charge in [0.05, 0.1) is 4.92 Å². The average molecular weight is 286 g/mol. The number of ether oxygens (including phenoxy) is 1. The molecule has 0 fully saturated rings. The molecule has 0 heterocycles. The molecule has 0 aliphatic carbocycles. The summed E-state index contributed by atoms with van der Waals surface area (Å²) >= 11 is 0. The van der Waals surface area contributed by atoms with Gasteiger partial charge in [-0.05, 0) is 42.8 Å². The normalized spacial score (nSPS) is 10.4. The van der Waals surface area contributed by atoms with Gasteiger partial charge in [0.25, 0.3) is 0 Å². The lowest BCUT2D eigenvalue weighted by atomic mass is 10.1. The Hall–Kier alpha value is -2.40. The molecule has 0 atom stereocenters. The fourth-order valence-corrected chi connectivity index (χ4v) is 2.01. The summed E-state index contributed by atoms with van der Waals surface area (Å²) in [6, 6.07) is 12.1. The maximum absolute atomic E-state index is 11.0. The zero-order valence-corrected chi connectivity index (χ0v) is 12.1. The number of hydrogen-bond donors (Lipinski definition) is 1. The number of nitro benzene ring substituents is 1. The molecule has 0 unspecified atom stereocenters. The molecular weight excluding hydrogens is 268 g/mol. The van der Waals surface area contributed by atoms with Crippen molar-refractivity contribution in [3.8, 4) is 11.5 Å². The van der Waals surface area contributed by atoms with Crippen molar-refractivity contribution in [3.05, 3.63) is 63.7 Å². The van der Waals surface area contributed by atoms with Crippen LogP contribution in [-0.4, -0.2) is 11.5 Å². The Morgan fingerprint density at radius 3 is 2.67 bits per heavy atom. The van der Waals surface area contributed by atoms with E-state index in [9.17, 15) is 10.1 Å². The van der Waals surface area contributed by atoms with E-state index < -0.39 is 4.92 Å². The number of nitrogens with zero attached hydrogens (tertiary/aromatic N) is 1. The van der Waals surface area contributed by atoms with Crippen molar-refractivity contribution in [2.45, 2.75) is 20.4 Å². The molecule has 0 saturated carbocycles. The van der Waals surface area contributed by atoms with E-state index in [1.165, 1.54) is 11.6 Å². The van der Waals surface area contributed by atoms with Crippen molar-refractivity contribution in [1.82, 2.24) is 5.32 Å². The lowest BCUT2D eigenvalue weighted by Gasteiger charge is -2.10. The summed E-state index contributed by atoms with van der Waals surface area (Å²) in [4.78, 5) is 10.5. The van der Waals surface area contributed by atoms with Gasteiger partial charge >= 0.3 is 5.69 Å². The second kappa shape index (κ2) is 6.85. The minimum atomic E-state index is -0.443. The lowest BCUT2D eigenvalue weighted by Crippen LogP contribution is -2.12. The second-order valence-electron chi connectivity index (χ2n) is 4.70. The first kappa shape index (κ1) is 15.0. The summed E-state index contributed by atoms with van der Waals surface area (Å²) in [5.41, 5.74) is 2.24. The van der Waals surface area contributed by atoms with Crippen molar-refractivity contribution in [3.63, 3.8) is 0 Å². The number of benzene rings is 2. The summed E-state index contributed by atoms with van der Waals surface area (Å²) in [5.74, 6) is 0.850. The molecule has 0 saturated heterocycles. The van der Waals surface area contributed by atoms with E-state index in [0.29, 0.717) is 5.75 Å². The maximum Gasteiger partial charge on any atom is 0.311 e. The van der Waals surface area contributed by atoms with Gasteiger partial charge in [0.15, 0.2) is 0 Å². The monoisotopic (exact) mass is 286 g/mol. The van der Waals surface area contributed by atoms with E-state index >= 15 is 0 Å². The van der Waals surface area contributed by atoms with Crippen LogP contribution >= 0.6 is 0 Å². The van der Waals surface area contributed by atoms with E-state index in [1.54, 1.807) is 18.2 Å². The Morgan fingerprint density at radius 1 is 1.24 bits per heavy atom. The van der Waals surface area contributed by atoms with Gasteiger partial charge in [-0.1, -0.05) is 25.1 Å². The fourth-order valence-electron chi connectivity index (χ4n) is 2.01. The van der Waals surface area contributed by atoms with Crippen molar-refractivity contribution >= 4 is 5.69 Å². The van der Waals surface area contributed by atoms with Gasteiger partial charge in [-0.3, -0.25) is 10.1 Å². The molecule has 0 bridgehead atoms. The van der Waals surface area contributed by atoms with Crippen LogP contribution in [0.3, 0.4) is 0 Å². The molecule has 0 aromatic heterocycles. The number of hydrogen-bond acceptors (Lipinski definition) is 4. The summed E-state index contributed by atoms with van der Waals surface area (Å²) < 4.78 is 5.65. The average Bonchev–Trinajstić information content (AvgIpc) is 2.47. The molecule has 2 rings (SSSR count). The Bertz CT molecular complexity index is 641. The summed E-state index contributed by atoms with van der Waals surface area (Å²) in [5, 5.41) is 14.2. The van der Waals surface area contributed by atoms with E-state index in [0.717, 1.165) is 18.7 Å². The molecule has 5 nitrogen and oxygen atoms in total. The zero-order valence-electron chi connectivity index (χ0n) is 12.1. The molecule has 2 aromatic rings.